The zero-order valence-corrected chi connectivity index (χ0v) is 9.90. The van der Waals surface area contributed by atoms with Gasteiger partial charge >= 0.3 is 0 Å². The van der Waals surface area contributed by atoms with Crippen LogP contribution in [-0.2, 0) is 5.88 Å². The summed E-state index contributed by atoms with van der Waals surface area (Å²) in [5, 5.41) is 0. The van der Waals surface area contributed by atoms with Gasteiger partial charge in [-0.1, -0.05) is 22.0 Å². The molecule has 4 heteroatoms. The maximum absolute atomic E-state index is 13.3. The second-order valence-electron chi connectivity index (χ2n) is 2.93. The number of Topliss-reactive ketones (excluding diaryl/α,β-unsaturated/α-hetero) is 1. The first kappa shape index (κ1) is 11.7. The SMILES string of the molecule is CC(Br)C(=O)c1ccc(CCl)cc1F. The Hall–Kier alpha value is -0.410. The van der Waals surface area contributed by atoms with Gasteiger partial charge in [0.15, 0.2) is 5.78 Å². The van der Waals surface area contributed by atoms with Crippen molar-refractivity contribution < 1.29 is 9.18 Å². The molecule has 1 rings (SSSR count). The van der Waals surface area contributed by atoms with E-state index in [0.717, 1.165) is 0 Å². The van der Waals surface area contributed by atoms with Crippen molar-refractivity contribution >= 4 is 33.3 Å². The van der Waals surface area contributed by atoms with Crippen LogP contribution in [0.3, 0.4) is 0 Å². The van der Waals surface area contributed by atoms with Crippen LogP contribution in [0.25, 0.3) is 0 Å². The molecule has 1 aromatic rings. The molecule has 1 aromatic carbocycles. The smallest absolute Gasteiger partial charge is 0.179 e. The Morgan fingerprint density at radius 3 is 2.71 bits per heavy atom. The quantitative estimate of drug-likeness (QED) is 0.611. The molecule has 0 aliphatic heterocycles. The van der Waals surface area contributed by atoms with Crippen molar-refractivity contribution in [3.8, 4) is 0 Å². The Kier molecular flexibility index (Phi) is 4.08. The fourth-order valence-corrected chi connectivity index (χ4v) is 1.47. The summed E-state index contributed by atoms with van der Waals surface area (Å²) in [5.41, 5.74) is 0.770. The second kappa shape index (κ2) is 4.89. The molecular formula is C10H9BrClFO. The summed E-state index contributed by atoms with van der Waals surface area (Å²) in [4.78, 5) is 11.1. The third kappa shape index (κ3) is 2.55. The van der Waals surface area contributed by atoms with Crippen LogP contribution in [0.15, 0.2) is 18.2 Å². The van der Waals surface area contributed by atoms with Gasteiger partial charge in [0.25, 0.3) is 0 Å². The van der Waals surface area contributed by atoms with E-state index in [0.29, 0.717) is 5.56 Å². The molecule has 0 aliphatic carbocycles. The Balaban J connectivity index is 3.06. The van der Waals surface area contributed by atoms with Crippen molar-refractivity contribution in [2.24, 2.45) is 0 Å². The molecule has 0 spiro atoms. The Morgan fingerprint density at radius 2 is 2.29 bits per heavy atom. The lowest BCUT2D eigenvalue weighted by Gasteiger charge is -2.05. The number of halogens is 3. The molecule has 0 amide bonds. The molecule has 1 unspecified atom stereocenters. The molecule has 1 nitrogen and oxygen atoms in total. The number of alkyl halides is 2. The van der Waals surface area contributed by atoms with Crippen LogP contribution in [0.5, 0.6) is 0 Å². The zero-order chi connectivity index (χ0) is 10.7. The number of rotatable bonds is 3. The molecule has 0 fully saturated rings. The van der Waals surface area contributed by atoms with E-state index in [4.69, 9.17) is 11.6 Å². The van der Waals surface area contributed by atoms with Crippen molar-refractivity contribution in [1.82, 2.24) is 0 Å². The van der Waals surface area contributed by atoms with Crippen LogP contribution >= 0.6 is 27.5 Å². The zero-order valence-electron chi connectivity index (χ0n) is 7.56. The summed E-state index contributed by atoms with van der Waals surface area (Å²) in [6.07, 6.45) is 0. The van der Waals surface area contributed by atoms with Crippen LogP contribution < -0.4 is 0 Å². The molecule has 0 saturated carbocycles. The normalized spacial score (nSPS) is 12.6. The van der Waals surface area contributed by atoms with Gasteiger partial charge in [-0.3, -0.25) is 4.79 Å². The molecule has 1 atom stereocenters. The van der Waals surface area contributed by atoms with E-state index in [2.05, 4.69) is 15.9 Å². The molecule has 0 aromatic heterocycles. The number of hydrogen-bond acceptors (Lipinski definition) is 1. The topological polar surface area (TPSA) is 17.1 Å². The summed E-state index contributed by atoms with van der Waals surface area (Å²) in [5.74, 6) is -0.530. The molecule has 0 saturated heterocycles. The van der Waals surface area contributed by atoms with E-state index >= 15 is 0 Å². The van der Waals surface area contributed by atoms with E-state index in [1.54, 1.807) is 13.0 Å². The van der Waals surface area contributed by atoms with Gasteiger partial charge < -0.3 is 0 Å². The third-order valence-corrected chi connectivity index (χ3v) is 2.54. The van der Waals surface area contributed by atoms with Crippen LogP contribution in [-0.4, -0.2) is 10.6 Å². The molecule has 14 heavy (non-hydrogen) atoms. The van der Waals surface area contributed by atoms with Crippen LogP contribution in [0.4, 0.5) is 4.39 Å². The van der Waals surface area contributed by atoms with Gasteiger partial charge in [-0.2, -0.15) is 0 Å². The highest BCUT2D eigenvalue weighted by Gasteiger charge is 2.16. The first-order valence-corrected chi connectivity index (χ1v) is 5.54. The van der Waals surface area contributed by atoms with E-state index in [1.807, 2.05) is 0 Å². The maximum atomic E-state index is 13.3. The number of hydrogen-bond donors (Lipinski definition) is 0. The molecule has 0 N–H and O–H groups in total. The van der Waals surface area contributed by atoms with Crippen molar-refractivity contribution in [3.63, 3.8) is 0 Å². The first-order valence-electron chi connectivity index (χ1n) is 4.09. The fourth-order valence-electron chi connectivity index (χ4n) is 1.06. The highest BCUT2D eigenvalue weighted by Crippen LogP contribution is 2.16. The summed E-state index contributed by atoms with van der Waals surface area (Å²) in [6, 6.07) is 4.40. The van der Waals surface area contributed by atoms with E-state index < -0.39 is 5.82 Å². The van der Waals surface area contributed by atoms with Crippen molar-refractivity contribution in [3.05, 3.63) is 35.1 Å². The minimum Gasteiger partial charge on any atom is -0.293 e. The van der Waals surface area contributed by atoms with Gasteiger partial charge in [-0.05, 0) is 24.6 Å². The van der Waals surface area contributed by atoms with Gasteiger partial charge in [0.2, 0.25) is 0 Å². The lowest BCUT2D eigenvalue weighted by atomic mass is 10.1. The van der Waals surface area contributed by atoms with E-state index in [-0.39, 0.29) is 22.1 Å². The number of carbonyl (C=O) groups excluding carboxylic acids is 1. The average molecular weight is 280 g/mol. The summed E-state index contributed by atoms with van der Waals surface area (Å²) >= 11 is 8.64. The Bertz CT molecular complexity index is 352. The van der Waals surface area contributed by atoms with Crippen molar-refractivity contribution in [2.75, 3.05) is 0 Å². The summed E-state index contributed by atoms with van der Waals surface area (Å²) < 4.78 is 13.3. The largest absolute Gasteiger partial charge is 0.293 e. The lowest BCUT2D eigenvalue weighted by Crippen LogP contribution is -2.12. The maximum Gasteiger partial charge on any atom is 0.179 e. The van der Waals surface area contributed by atoms with Crippen molar-refractivity contribution in [2.45, 2.75) is 17.6 Å². The summed E-state index contributed by atoms with van der Waals surface area (Å²) in [6.45, 7) is 1.66. The van der Waals surface area contributed by atoms with E-state index in [9.17, 15) is 9.18 Å². The monoisotopic (exact) mass is 278 g/mol. The fraction of sp³-hybridized carbons (Fsp3) is 0.300. The average Bonchev–Trinajstić information content (AvgIpc) is 2.16. The van der Waals surface area contributed by atoms with Gasteiger partial charge in [-0.15, -0.1) is 11.6 Å². The molecule has 0 aliphatic rings. The van der Waals surface area contributed by atoms with Crippen LogP contribution in [0.1, 0.15) is 22.8 Å². The Morgan fingerprint density at radius 1 is 1.64 bits per heavy atom. The van der Waals surface area contributed by atoms with Gasteiger partial charge in [0.05, 0.1) is 10.4 Å². The minimum absolute atomic E-state index is 0.100. The van der Waals surface area contributed by atoms with Gasteiger partial charge in [0.1, 0.15) is 5.82 Å². The summed E-state index contributed by atoms with van der Waals surface area (Å²) in [7, 11) is 0. The molecule has 76 valence electrons. The minimum atomic E-state index is -0.514. The lowest BCUT2D eigenvalue weighted by molar-refractivity contribution is 0.0992. The number of carbonyl (C=O) groups is 1. The first-order chi connectivity index (χ1) is 6.56. The Labute approximate surface area is 95.4 Å². The highest BCUT2D eigenvalue weighted by molar-refractivity contribution is 9.10. The molecule has 0 radical (unpaired) electrons. The van der Waals surface area contributed by atoms with Gasteiger partial charge in [0, 0.05) is 5.88 Å². The van der Waals surface area contributed by atoms with Crippen LogP contribution in [0, 0.1) is 5.82 Å². The predicted octanol–water partition coefficient (Wildman–Crippen LogP) is 3.53. The van der Waals surface area contributed by atoms with Gasteiger partial charge in [-0.25, -0.2) is 4.39 Å². The third-order valence-electron chi connectivity index (χ3n) is 1.81. The van der Waals surface area contributed by atoms with Crippen molar-refractivity contribution in [1.29, 1.82) is 0 Å². The molecule has 0 bridgehead atoms. The van der Waals surface area contributed by atoms with Crippen LogP contribution in [0.2, 0.25) is 0 Å². The standard InChI is InChI=1S/C10H9BrClFO/c1-6(11)10(14)8-3-2-7(5-12)4-9(8)13/h2-4,6H,5H2,1H3. The molecule has 0 heterocycles. The highest BCUT2D eigenvalue weighted by atomic mass is 79.9. The number of benzene rings is 1. The molecular weight excluding hydrogens is 270 g/mol. The predicted molar refractivity (Wildman–Crippen MR) is 58.7 cm³/mol. The van der Waals surface area contributed by atoms with E-state index in [1.165, 1.54) is 12.1 Å². The second-order valence-corrected chi connectivity index (χ2v) is 4.57. The number of ketones is 1.